The zero-order valence-corrected chi connectivity index (χ0v) is 23.8. The lowest BCUT2D eigenvalue weighted by atomic mass is 10.2. The average molecular weight is 560 g/mol. The lowest BCUT2D eigenvalue weighted by molar-refractivity contribution is 0.630. The Morgan fingerprint density at radius 1 is 0.400 bits per heavy atom. The fourth-order valence-corrected chi connectivity index (χ4v) is 11.7. The van der Waals surface area contributed by atoms with Crippen LogP contribution < -0.4 is 31.8 Å². The van der Waals surface area contributed by atoms with Crippen LogP contribution in [0.15, 0.2) is 164 Å². The molecule has 0 spiro atoms. The van der Waals surface area contributed by atoms with Gasteiger partial charge in [0.25, 0.3) is 0 Å². The van der Waals surface area contributed by atoms with Gasteiger partial charge in [-0.3, -0.25) is 0 Å². The Bertz CT molecular complexity index is 1490. The van der Waals surface area contributed by atoms with Gasteiger partial charge in [-0.25, -0.2) is 9.79 Å². The summed E-state index contributed by atoms with van der Waals surface area (Å²) in [4.78, 5) is 26.1. The lowest BCUT2D eigenvalue weighted by Gasteiger charge is -2.24. The minimum Gasteiger partial charge on any atom is -0.342 e. The topological polar surface area (TPSA) is 45.4 Å². The zero-order valence-electron chi connectivity index (χ0n) is 22.0. The molecule has 0 amide bonds. The SMILES string of the molecule is O[P+](c1ccccc1)(c1ccccc1)c1cn(Cc2ccccc2)cc1[P+](O)(c1ccccc1)c1ccccc1. The Morgan fingerprint density at radius 2 is 0.675 bits per heavy atom. The summed E-state index contributed by atoms with van der Waals surface area (Å²) in [6.45, 7) is 0.626. The van der Waals surface area contributed by atoms with E-state index < -0.39 is 15.0 Å². The molecule has 5 aromatic carbocycles. The summed E-state index contributed by atoms with van der Waals surface area (Å²) in [5.41, 5.74) is 1.15. The number of hydrogen-bond acceptors (Lipinski definition) is 2. The Kier molecular flexibility index (Phi) is 7.48. The number of nitrogens with zero attached hydrogens (tertiary/aromatic N) is 1. The van der Waals surface area contributed by atoms with Crippen LogP contribution in [0.3, 0.4) is 0 Å². The highest BCUT2D eigenvalue weighted by molar-refractivity contribution is 7.96. The van der Waals surface area contributed by atoms with Gasteiger partial charge in [-0.05, 0) is 54.1 Å². The lowest BCUT2D eigenvalue weighted by Crippen LogP contribution is -2.42. The summed E-state index contributed by atoms with van der Waals surface area (Å²) >= 11 is 0. The molecule has 0 atom stereocenters. The van der Waals surface area contributed by atoms with Crippen molar-refractivity contribution in [3.05, 3.63) is 170 Å². The van der Waals surface area contributed by atoms with Crippen LogP contribution in [0, 0.1) is 0 Å². The highest BCUT2D eigenvalue weighted by Gasteiger charge is 2.56. The standard InChI is InChI=1S/C35H31NO2P2/c37-39(30-18-8-2-9-19-30,31-20-10-3-11-21-31)34-27-36(26-29-16-6-1-7-17-29)28-35(34)40(38,32-22-12-4-13-23-32)33-24-14-5-15-25-33/h1-25,27-28,37-38H,26H2/q+2. The van der Waals surface area contributed by atoms with Crippen LogP contribution >= 0.6 is 15.0 Å². The maximum absolute atomic E-state index is 13.0. The molecule has 0 saturated carbocycles. The minimum absolute atomic E-state index is 0.626. The molecule has 6 aromatic rings. The van der Waals surface area contributed by atoms with Crippen LogP contribution in [0.4, 0.5) is 0 Å². The quantitative estimate of drug-likeness (QED) is 0.260. The molecule has 1 heterocycles. The van der Waals surface area contributed by atoms with E-state index in [0.717, 1.165) is 37.4 Å². The third-order valence-corrected chi connectivity index (χ3v) is 13.7. The molecule has 0 fully saturated rings. The number of rotatable bonds is 8. The summed E-state index contributed by atoms with van der Waals surface area (Å²) in [6, 6.07) is 50.0. The van der Waals surface area contributed by atoms with E-state index in [-0.39, 0.29) is 0 Å². The first-order valence-corrected chi connectivity index (χ1v) is 16.8. The molecule has 5 heteroatoms. The van der Waals surface area contributed by atoms with Crippen molar-refractivity contribution in [2.24, 2.45) is 0 Å². The van der Waals surface area contributed by atoms with Gasteiger partial charge in [0.05, 0.1) is 12.4 Å². The molecule has 6 rings (SSSR count). The van der Waals surface area contributed by atoms with E-state index in [1.165, 1.54) is 0 Å². The smallest absolute Gasteiger partial charge is 0.244 e. The predicted molar refractivity (Wildman–Crippen MR) is 172 cm³/mol. The third kappa shape index (κ3) is 4.83. The molecule has 2 N–H and O–H groups in total. The van der Waals surface area contributed by atoms with Crippen molar-refractivity contribution in [1.29, 1.82) is 0 Å². The maximum Gasteiger partial charge on any atom is 0.244 e. The molecule has 0 aliphatic carbocycles. The fraction of sp³-hybridized carbons (Fsp3) is 0.0286. The van der Waals surface area contributed by atoms with E-state index in [9.17, 15) is 9.79 Å². The monoisotopic (exact) mass is 559 g/mol. The minimum atomic E-state index is -3.14. The summed E-state index contributed by atoms with van der Waals surface area (Å²) in [6.07, 6.45) is 4.12. The van der Waals surface area contributed by atoms with Crippen molar-refractivity contribution in [3.8, 4) is 0 Å². The van der Waals surface area contributed by atoms with Crippen molar-refractivity contribution in [3.63, 3.8) is 0 Å². The van der Waals surface area contributed by atoms with E-state index >= 15 is 0 Å². The second-order valence-electron chi connectivity index (χ2n) is 9.80. The predicted octanol–water partition coefficient (Wildman–Crippen LogP) is 4.94. The molecule has 3 nitrogen and oxygen atoms in total. The van der Waals surface area contributed by atoms with Crippen LogP contribution in [0.1, 0.15) is 5.56 Å². The van der Waals surface area contributed by atoms with Crippen molar-refractivity contribution in [2.75, 3.05) is 0 Å². The molecule has 0 aliphatic rings. The molecule has 0 saturated heterocycles. The fourth-order valence-electron chi connectivity index (χ4n) is 5.30. The van der Waals surface area contributed by atoms with E-state index in [2.05, 4.69) is 29.1 Å². The van der Waals surface area contributed by atoms with Gasteiger partial charge in [0.15, 0.2) is 10.6 Å². The number of benzene rings is 5. The van der Waals surface area contributed by atoms with Gasteiger partial charge >= 0.3 is 0 Å². The first-order chi connectivity index (χ1) is 19.6. The molecule has 196 valence electrons. The molecule has 0 bridgehead atoms. The van der Waals surface area contributed by atoms with Crippen molar-refractivity contribution >= 4 is 46.8 Å². The Labute approximate surface area is 236 Å². The van der Waals surface area contributed by atoms with E-state index in [4.69, 9.17) is 0 Å². The second-order valence-corrected chi connectivity index (χ2v) is 15.4. The largest absolute Gasteiger partial charge is 0.342 e. The van der Waals surface area contributed by atoms with Crippen molar-refractivity contribution < 1.29 is 9.79 Å². The Balaban J connectivity index is 1.67. The van der Waals surface area contributed by atoms with E-state index in [1.807, 2.05) is 140 Å². The molecule has 0 aliphatic heterocycles. The molecular formula is C35H31NO2P2+2. The summed E-state index contributed by atoms with van der Waals surface area (Å²) in [5.74, 6) is 0. The van der Waals surface area contributed by atoms with E-state index in [0.29, 0.717) is 6.54 Å². The van der Waals surface area contributed by atoms with Crippen molar-refractivity contribution in [2.45, 2.75) is 6.54 Å². The van der Waals surface area contributed by atoms with Gasteiger partial charge in [-0.15, -0.1) is 0 Å². The molecular weight excluding hydrogens is 528 g/mol. The normalized spacial score (nSPS) is 11.8. The average Bonchev–Trinajstić information content (AvgIpc) is 3.47. The number of aromatic nitrogens is 1. The molecule has 40 heavy (non-hydrogen) atoms. The third-order valence-electron chi connectivity index (χ3n) is 7.26. The number of hydrogen-bond donors (Lipinski definition) is 2. The van der Waals surface area contributed by atoms with Crippen LogP contribution in [-0.2, 0) is 6.54 Å². The van der Waals surface area contributed by atoms with Crippen LogP contribution in [0.5, 0.6) is 0 Å². The van der Waals surface area contributed by atoms with Gasteiger partial charge in [0.2, 0.25) is 15.0 Å². The molecule has 0 unspecified atom stereocenters. The van der Waals surface area contributed by atoms with Gasteiger partial charge in [-0.1, -0.05) is 103 Å². The van der Waals surface area contributed by atoms with Crippen LogP contribution in [-0.4, -0.2) is 14.4 Å². The van der Waals surface area contributed by atoms with Gasteiger partial charge in [0, 0.05) is 6.54 Å². The highest BCUT2D eigenvalue weighted by atomic mass is 31.2. The first-order valence-electron chi connectivity index (χ1n) is 13.3. The van der Waals surface area contributed by atoms with Gasteiger partial charge in [0.1, 0.15) is 21.2 Å². The van der Waals surface area contributed by atoms with E-state index in [1.54, 1.807) is 0 Å². The van der Waals surface area contributed by atoms with Gasteiger partial charge in [-0.2, -0.15) is 0 Å². The summed E-state index contributed by atoms with van der Waals surface area (Å²) in [5, 5.41) is 4.98. The molecule has 0 radical (unpaired) electrons. The first kappa shape index (κ1) is 26.4. The van der Waals surface area contributed by atoms with Crippen molar-refractivity contribution in [1.82, 2.24) is 4.57 Å². The van der Waals surface area contributed by atoms with Crippen LogP contribution in [0.2, 0.25) is 0 Å². The zero-order chi connectivity index (χ0) is 27.4. The maximum atomic E-state index is 13.0. The van der Waals surface area contributed by atoms with Crippen LogP contribution in [0.25, 0.3) is 0 Å². The Morgan fingerprint density at radius 3 is 0.975 bits per heavy atom. The van der Waals surface area contributed by atoms with Gasteiger partial charge < -0.3 is 4.57 Å². The summed E-state index contributed by atoms with van der Waals surface area (Å²) in [7, 11) is -6.28. The Hall–Kier alpha value is -3.84. The second kappa shape index (κ2) is 11.3. The highest BCUT2D eigenvalue weighted by Crippen LogP contribution is 2.57. The summed E-state index contributed by atoms with van der Waals surface area (Å²) < 4.78 is 2.12. The molecule has 1 aromatic heterocycles.